The molecule has 1 saturated carbocycles. The van der Waals surface area contributed by atoms with Crippen LogP contribution < -0.4 is 20.2 Å². The van der Waals surface area contributed by atoms with E-state index in [1.165, 1.54) is 0 Å². The quantitative estimate of drug-likeness (QED) is 0.227. The van der Waals surface area contributed by atoms with Crippen LogP contribution in [0.5, 0.6) is 11.5 Å². The molecule has 0 saturated heterocycles. The Labute approximate surface area is 250 Å². The summed E-state index contributed by atoms with van der Waals surface area (Å²) in [6.07, 6.45) is 7.02. The van der Waals surface area contributed by atoms with Crippen LogP contribution in [0.25, 0.3) is 11.3 Å². The van der Waals surface area contributed by atoms with E-state index in [1.54, 1.807) is 26.3 Å². The number of alkyl carbamates (subject to hydrolysis) is 1. The third kappa shape index (κ3) is 6.93. The second kappa shape index (κ2) is 12.8. The van der Waals surface area contributed by atoms with E-state index >= 15 is 0 Å². The van der Waals surface area contributed by atoms with Crippen LogP contribution in [0.1, 0.15) is 109 Å². The molecular formula is C33H48N2O7. The summed E-state index contributed by atoms with van der Waals surface area (Å²) in [5.74, 6) is 0.937. The smallest absolute Gasteiger partial charge is 0.407 e. The summed E-state index contributed by atoms with van der Waals surface area (Å²) in [5, 5.41) is 2.80. The van der Waals surface area contributed by atoms with Crippen molar-refractivity contribution in [3.63, 3.8) is 0 Å². The molecule has 1 amide bonds. The number of esters is 1. The van der Waals surface area contributed by atoms with Crippen LogP contribution in [0.15, 0.2) is 29.2 Å². The molecule has 4 rings (SSSR count). The predicted molar refractivity (Wildman–Crippen MR) is 164 cm³/mol. The molecule has 0 radical (unpaired) electrons. The van der Waals surface area contributed by atoms with E-state index in [-0.39, 0.29) is 42.5 Å². The van der Waals surface area contributed by atoms with Crippen LogP contribution in [0.2, 0.25) is 0 Å². The summed E-state index contributed by atoms with van der Waals surface area (Å²) in [5.41, 5.74) is 2.06. The van der Waals surface area contributed by atoms with E-state index in [1.807, 2.05) is 26.8 Å². The molecule has 42 heavy (non-hydrogen) atoms. The van der Waals surface area contributed by atoms with Crippen molar-refractivity contribution >= 4 is 12.1 Å². The molecule has 2 aliphatic rings. The highest BCUT2D eigenvalue weighted by Gasteiger charge is 2.48. The lowest BCUT2D eigenvalue weighted by Crippen LogP contribution is -2.32. The number of fused-ring (bicyclic) bond motifs is 6. The molecule has 9 nitrogen and oxygen atoms in total. The number of methoxy groups -OCH3 is 1. The molecule has 1 fully saturated rings. The number of carbonyl (C=O) groups is 2. The van der Waals surface area contributed by atoms with Crippen molar-refractivity contribution in [2.45, 2.75) is 97.6 Å². The fourth-order valence-electron chi connectivity index (χ4n) is 6.28. The van der Waals surface area contributed by atoms with Crippen molar-refractivity contribution in [2.24, 2.45) is 5.41 Å². The summed E-state index contributed by atoms with van der Waals surface area (Å²) in [4.78, 5) is 37.4. The maximum Gasteiger partial charge on any atom is 0.407 e. The van der Waals surface area contributed by atoms with Gasteiger partial charge in [-0.2, -0.15) is 0 Å². The number of hydrogen-bond donors (Lipinski definition) is 1. The van der Waals surface area contributed by atoms with Crippen molar-refractivity contribution in [3.05, 3.63) is 45.7 Å². The van der Waals surface area contributed by atoms with E-state index in [2.05, 4.69) is 29.8 Å². The Morgan fingerprint density at radius 2 is 1.83 bits per heavy atom. The van der Waals surface area contributed by atoms with Gasteiger partial charge in [0.05, 0.1) is 26.0 Å². The molecule has 2 heterocycles. The zero-order valence-corrected chi connectivity index (χ0v) is 26.1. The van der Waals surface area contributed by atoms with Gasteiger partial charge in [0.1, 0.15) is 11.2 Å². The predicted octanol–water partition coefficient (Wildman–Crippen LogP) is 6.87. The second-order valence-corrected chi connectivity index (χ2v) is 12.9. The number of hydrogen-bond acceptors (Lipinski definition) is 7. The van der Waals surface area contributed by atoms with Gasteiger partial charge >= 0.3 is 12.1 Å². The Balaban J connectivity index is 0.00000506. The molecule has 2 aromatic rings. The molecular weight excluding hydrogens is 536 g/mol. The van der Waals surface area contributed by atoms with Gasteiger partial charge in [-0.25, -0.2) is 9.59 Å². The standard InChI is InChI=1S/C33H46N2O7.H2/c1-8-40-30(37)24-20-35-25(19-26(24)36)23-18-27(39-7)28(17-22(23)21-13-14-33(5,6)29(21)35)41-16-12-10-9-11-15-34-31(38)42-32(2,3)4;/h17-21,29H,8-16H2,1-7H3,(H,34,38);1H/t21-,29?;/m0./s1. The van der Waals surface area contributed by atoms with Gasteiger partial charge in [-0.3, -0.25) is 4.79 Å². The molecule has 0 spiro atoms. The molecule has 1 aliphatic carbocycles. The highest BCUT2D eigenvalue weighted by Crippen LogP contribution is 2.59. The van der Waals surface area contributed by atoms with Gasteiger partial charge in [0.25, 0.3) is 0 Å². The van der Waals surface area contributed by atoms with E-state index in [0.717, 1.165) is 55.3 Å². The molecule has 0 bridgehead atoms. The van der Waals surface area contributed by atoms with Crippen LogP contribution in [-0.4, -0.2) is 49.1 Å². The van der Waals surface area contributed by atoms with Gasteiger partial charge in [-0.15, -0.1) is 0 Å². The number of aromatic nitrogens is 1. The van der Waals surface area contributed by atoms with Crippen molar-refractivity contribution in [1.82, 2.24) is 9.88 Å². The third-order valence-corrected chi connectivity index (χ3v) is 8.16. The number of unbranched alkanes of at least 4 members (excludes halogenated alkanes) is 3. The molecule has 1 aromatic carbocycles. The van der Waals surface area contributed by atoms with Crippen LogP contribution in [-0.2, 0) is 9.47 Å². The van der Waals surface area contributed by atoms with Crippen molar-refractivity contribution in [2.75, 3.05) is 26.9 Å². The number of pyridine rings is 1. The van der Waals surface area contributed by atoms with Crippen LogP contribution in [0, 0.1) is 5.41 Å². The summed E-state index contributed by atoms with van der Waals surface area (Å²) in [7, 11) is 1.62. The average molecular weight is 585 g/mol. The zero-order valence-electron chi connectivity index (χ0n) is 26.1. The molecule has 1 unspecified atom stereocenters. The second-order valence-electron chi connectivity index (χ2n) is 12.9. The lowest BCUT2D eigenvalue weighted by Gasteiger charge is -2.40. The van der Waals surface area contributed by atoms with Gasteiger partial charge in [-0.1, -0.05) is 26.7 Å². The Morgan fingerprint density at radius 3 is 2.52 bits per heavy atom. The Kier molecular flexibility index (Phi) is 9.58. The monoisotopic (exact) mass is 584 g/mol. The number of carbonyl (C=O) groups excluding carboxylic acids is 2. The third-order valence-electron chi connectivity index (χ3n) is 8.16. The van der Waals surface area contributed by atoms with Gasteiger partial charge in [0.2, 0.25) is 0 Å². The number of nitrogens with zero attached hydrogens (tertiary/aromatic N) is 1. The first kappa shape index (κ1) is 31.4. The molecule has 1 N–H and O–H groups in total. The lowest BCUT2D eigenvalue weighted by atomic mass is 9.77. The van der Waals surface area contributed by atoms with Crippen molar-refractivity contribution < 1.29 is 30.0 Å². The number of ether oxygens (including phenoxy) is 4. The first-order chi connectivity index (χ1) is 19.9. The molecule has 9 heteroatoms. The number of amides is 1. The van der Waals surface area contributed by atoms with E-state index in [4.69, 9.17) is 18.9 Å². The minimum absolute atomic E-state index is 0. The first-order valence-electron chi connectivity index (χ1n) is 15.1. The first-order valence-corrected chi connectivity index (χ1v) is 15.1. The van der Waals surface area contributed by atoms with Gasteiger partial charge < -0.3 is 28.8 Å². The van der Waals surface area contributed by atoms with Crippen LogP contribution in [0.3, 0.4) is 0 Å². The van der Waals surface area contributed by atoms with E-state index in [0.29, 0.717) is 24.7 Å². The largest absolute Gasteiger partial charge is 0.493 e. The summed E-state index contributed by atoms with van der Waals surface area (Å²) >= 11 is 0. The number of nitrogens with one attached hydrogen (secondary N) is 1. The summed E-state index contributed by atoms with van der Waals surface area (Å²) in [6, 6.07) is 5.70. The molecule has 1 aromatic heterocycles. The van der Waals surface area contributed by atoms with Crippen molar-refractivity contribution in [3.8, 4) is 22.8 Å². The van der Waals surface area contributed by atoms with Gasteiger partial charge in [0, 0.05) is 37.8 Å². The molecule has 232 valence electrons. The highest BCUT2D eigenvalue weighted by molar-refractivity contribution is 5.89. The normalized spacial score (nSPS) is 18.4. The summed E-state index contributed by atoms with van der Waals surface area (Å²) in [6.45, 7) is 13.1. The SMILES string of the molecule is CCOC(=O)c1cn2c(cc1=O)-c1cc(OC)c(OCCCCCCNC(=O)OC(C)(C)C)cc1[C@@H]1CCC(C)(C)C12.[HH]. The van der Waals surface area contributed by atoms with Crippen LogP contribution >= 0.6 is 0 Å². The van der Waals surface area contributed by atoms with E-state index < -0.39 is 11.6 Å². The number of rotatable bonds is 11. The average Bonchev–Trinajstić information content (AvgIpc) is 3.23. The van der Waals surface area contributed by atoms with Crippen molar-refractivity contribution in [1.29, 1.82) is 0 Å². The summed E-state index contributed by atoms with van der Waals surface area (Å²) < 4.78 is 24.5. The minimum atomic E-state index is -0.586. The Bertz CT molecular complexity index is 1360. The Morgan fingerprint density at radius 1 is 1.10 bits per heavy atom. The maximum absolute atomic E-state index is 13.1. The maximum atomic E-state index is 13.1. The Hall–Kier alpha value is -3.49. The van der Waals surface area contributed by atoms with Crippen LogP contribution in [0.4, 0.5) is 4.79 Å². The topological polar surface area (TPSA) is 105 Å². The van der Waals surface area contributed by atoms with Gasteiger partial charge in [0.15, 0.2) is 16.9 Å². The zero-order chi connectivity index (χ0) is 30.7. The minimum Gasteiger partial charge on any atom is -0.493 e. The number of benzene rings is 1. The molecule has 2 atom stereocenters. The fraction of sp³-hybridized carbons (Fsp3) is 0.606. The molecule has 1 aliphatic heterocycles. The fourth-order valence-corrected chi connectivity index (χ4v) is 6.28. The van der Waals surface area contributed by atoms with Gasteiger partial charge in [-0.05, 0) is 76.5 Å². The lowest BCUT2D eigenvalue weighted by molar-refractivity contribution is 0.0514. The highest BCUT2D eigenvalue weighted by atomic mass is 16.6. The van der Waals surface area contributed by atoms with E-state index in [9.17, 15) is 14.4 Å².